The Morgan fingerprint density at radius 3 is 2.55 bits per heavy atom. The lowest BCUT2D eigenvalue weighted by molar-refractivity contribution is 0.301. The van der Waals surface area contributed by atoms with Gasteiger partial charge in [0.15, 0.2) is 0 Å². The van der Waals surface area contributed by atoms with E-state index < -0.39 is 0 Å². The van der Waals surface area contributed by atoms with Gasteiger partial charge in [0.25, 0.3) is 0 Å². The van der Waals surface area contributed by atoms with Gasteiger partial charge in [0, 0.05) is 37.2 Å². The van der Waals surface area contributed by atoms with Gasteiger partial charge >= 0.3 is 0 Å². The second kappa shape index (κ2) is 6.95. The third kappa shape index (κ3) is 3.32. The largest absolute Gasteiger partial charge is 0.494 e. The van der Waals surface area contributed by atoms with E-state index in [1.165, 1.54) is 11.1 Å². The topological polar surface area (TPSA) is 38.5 Å². The van der Waals surface area contributed by atoms with Crippen LogP contribution >= 0.6 is 0 Å². The summed E-state index contributed by atoms with van der Waals surface area (Å²) in [6, 6.07) is 19.1. The molecule has 0 spiro atoms. The van der Waals surface area contributed by atoms with Crippen molar-refractivity contribution in [2.75, 3.05) is 19.7 Å². The van der Waals surface area contributed by atoms with Crippen molar-refractivity contribution >= 4 is 0 Å². The van der Waals surface area contributed by atoms with E-state index >= 15 is 0 Å². The van der Waals surface area contributed by atoms with Crippen LogP contribution < -0.4 is 10.5 Å². The van der Waals surface area contributed by atoms with Crippen LogP contribution in [0.25, 0.3) is 0 Å². The molecule has 0 amide bonds. The number of ether oxygens (including phenoxy) is 1. The van der Waals surface area contributed by atoms with Crippen molar-refractivity contribution in [1.29, 1.82) is 0 Å². The maximum atomic E-state index is 6.38. The summed E-state index contributed by atoms with van der Waals surface area (Å²) in [6.45, 7) is 5.55. The Morgan fingerprint density at radius 2 is 1.77 bits per heavy atom. The highest BCUT2D eigenvalue weighted by Crippen LogP contribution is 2.29. The Hall–Kier alpha value is -1.84. The van der Waals surface area contributed by atoms with Gasteiger partial charge in [-0.1, -0.05) is 48.5 Å². The molecule has 2 aromatic carbocycles. The fourth-order valence-electron chi connectivity index (χ4n) is 3.27. The molecule has 1 aliphatic heterocycles. The average Bonchev–Trinajstić information content (AvgIpc) is 2.91. The van der Waals surface area contributed by atoms with Crippen LogP contribution in [-0.2, 0) is 6.54 Å². The molecule has 0 aromatic heterocycles. The van der Waals surface area contributed by atoms with Gasteiger partial charge in [-0.15, -0.1) is 0 Å². The molecule has 2 aromatic rings. The van der Waals surface area contributed by atoms with Crippen LogP contribution in [0, 0.1) is 0 Å². The van der Waals surface area contributed by atoms with Crippen LogP contribution in [0.3, 0.4) is 0 Å². The van der Waals surface area contributed by atoms with Crippen LogP contribution in [-0.4, -0.2) is 30.6 Å². The number of hydrogen-bond acceptors (Lipinski definition) is 3. The van der Waals surface area contributed by atoms with E-state index in [9.17, 15) is 0 Å². The monoisotopic (exact) mass is 296 g/mol. The number of nitrogens with zero attached hydrogens (tertiary/aromatic N) is 1. The molecule has 0 saturated carbocycles. The second-order valence-electron chi connectivity index (χ2n) is 5.92. The average molecular weight is 296 g/mol. The molecule has 1 fully saturated rings. The maximum Gasteiger partial charge on any atom is 0.123 e. The molecule has 2 atom stereocenters. The first kappa shape index (κ1) is 15.1. The standard InChI is InChI=1S/C19H24N2O/c1-2-22-19-11-7-6-10-16(19)12-21-13-17(18(20)14-21)15-8-4-3-5-9-15/h3-11,17-18H,2,12-14,20H2,1H3/t17-,18+/m0/s1. The van der Waals surface area contributed by atoms with Gasteiger partial charge in [-0.2, -0.15) is 0 Å². The van der Waals surface area contributed by atoms with Crippen molar-refractivity contribution in [1.82, 2.24) is 4.90 Å². The van der Waals surface area contributed by atoms with E-state index in [1.807, 2.05) is 19.1 Å². The summed E-state index contributed by atoms with van der Waals surface area (Å²) in [5.74, 6) is 1.40. The zero-order valence-electron chi connectivity index (χ0n) is 13.1. The normalized spacial score (nSPS) is 21.9. The number of benzene rings is 2. The molecular weight excluding hydrogens is 272 g/mol. The molecule has 0 unspecified atom stereocenters. The zero-order valence-corrected chi connectivity index (χ0v) is 13.1. The molecule has 0 bridgehead atoms. The lowest BCUT2D eigenvalue weighted by Crippen LogP contribution is -2.28. The minimum absolute atomic E-state index is 0.196. The van der Waals surface area contributed by atoms with E-state index in [-0.39, 0.29) is 6.04 Å². The number of rotatable bonds is 5. The highest BCUT2D eigenvalue weighted by Gasteiger charge is 2.31. The van der Waals surface area contributed by atoms with E-state index in [2.05, 4.69) is 47.4 Å². The van der Waals surface area contributed by atoms with Crippen molar-refractivity contribution in [3.8, 4) is 5.75 Å². The Kier molecular flexibility index (Phi) is 4.76. The predicted molar refractivity (Wildman–Crippen MR) is 90.0 cm³/mol. The van der Waals surface area contributed by atoms with Crippen LogP contribution in [0.2, 0.25) is 0 Å². The summed E-state index contributed by atoms with van der Waals surface area (Å²) < 4.78 is 5.73. The summed E-state index contributed by atoms with van der Waals surface area (Å²) >= 11 is 0. The molecule has 3 nitrogen and oxygen atoms in total. The van der Waals surface area contributed by atoms with Gasteiger partial charge in [0.05, 0.1) is 6.61 Å². The van der Waals surface area contributed by atoms with Gasteiger partial charge in [0.2, 0.25) is 0 Å². The van der Waals surface area contributed by atoms with Gasteiger partial charge < -0.3 is 10.5 Å². The van der Waals surface area contributed by atoms with E-state index in [4.69, 9.17) is 10.5 Å². The molecule has 116 valence electrons. The molecule has 1 heterocycles. The van der Waals surface area contributed by atoms with Crippen LogP contribution in [0.4, 0.5) is 0 Å². The SMILES string of the molecule is CCOc1ccccc1CN1C[C@@H](N)[C@H](c2ccccc2)C1. The molecular formula is C19H24N2O. The molecule has 1 aliphatic rings. The smallest absolute Gasteiger partial charge is 0.123 e. The molecule has 2 N–H and O–H groups in total. The van der Waals surface area contributed by atoms with Gasteiger partial charge in [0.1, 0.15) is 5.75 Å². The van der Waals surface area contributed by atoms with E-state index in [0.717, 1.165) is 25.4 Å². The highest BCUT2D eigenvalue weighted by atomic mass is 16.5. The third-order valence-electron chi connectivity index (χ3n) is 4.33. The minimum Gasteiger partial charge on any atom is -0.494 e. The second-order valence-corrected chi connectivity index (χ2v) is 5.92. The van der Waals surface area contributed by atoms with Gasteiger partial charge in [-0.3, -0.25) is 4.90 Å². The summed E-state index contributed by atoms with van der Waals surface area (Å²) in [4.78, 5) is 2.43. The molecule has 0 radical (unpaired) electrons. The van der Waals surface area contributed by atoms with Crippen molar-refractivity contribution in [3.63, 3.8) is 0 Å². The van der Waals surface area contributed by atoms with Crippen LogP contribution in [0.1, 0.15) is 24.0 Å². The lowest BCUT2D eigenvalue weighted by atomic mass is 9.95. The molecule has 3 heteroatoms. The Balaban J connectivity index is 1.70. The Morgan fingerprint density at radius 1 is 1.05 bits per heavy atom. The summed E-state index contributed by atoms with van der Waals surface area (Å²) in [6.07, 6.45) is 0. The first-order valence-corrected chi connectivity index (χ1v) is 8.01. The van der Waals surface area contributed by atoms with Crippen molar-refractivity contribution in [2.24, 2.45) is 5.73 Å². The molecule has 3 rings (SSSR count). The molecule has 0 aliphatic carbocycles. The number of para-hydroxylation sites is 1. The maximum absolute atomic E-state index is 6.38. The van der Waals surface area contributed by atoms with Gasteiger partial charge in [-0.05, 0) is 18.6 Å². The highest BCUT2D eigenvalue weighted by molar-refractivity contribution is 5.33. The van der Waals surface area contributed by atoms with Crippen LogP contribution in [0.15, 0.2) is 54.6 Å². The predicted octanol–water partition coefficient (Wildman–Crippen LogP) is 3.01. The molecule has 22 heavy (non-hydrogen) atoms. The van der Waals surface area contributed by atoms with E-state index in [1.54, 1.807) is 0 Å². The fraction of sp³-hybridized carbons (Fsp3) is 0.368. The Labute approximate surface area is 132 Å². The van der Waals surface area contributed by atoms with E-state index in [0.29, 0.717) is 12.5 Å². The number of hydrogen-bond donors (Lipinski definition) is 1. The Bertz CT molecular complexity index is 599. The van der Waals surface area contributed by atoms with Crippen LogP contribution in [0.5, 0.6) is 5.75 Å². The number of nitrogens with two attached hydrogens (primary N) is 1. The molecule has 1 saturated heterocycles. The first-order chi connectivity index (χ1) is 10.8. The third-order valence-corrected chi connectivity index (χ3v) is 4.33. The first-order valence-electron chi connectivity index (χ1n) is 8.01. The summed E-state index contributed by atoms with van der Waals surface area (Å²) in [5, 5.41) is 0. The zero-order chi connectivity index (χ0) is 15.4. The fourth-order valence-corrected chi connectivity index (χ4v) is 3.27. The minimum atomic E-state index is 0.196. The summed E-state index contributed by atoms with van der Waals surface area (Å²) in [7, 11) is 0. The van der Waals surface area contributed by atoms with Crippen molar-refractivity contribution in [2.45, 2.75) is 25.4 Å². The van der Waals surface area contributed by atoms with Crippen molar-refractivity contribution < 1.29 is 4.74 Å². The summed E-state index contributed by atoms with van der Waals surface area (Å²) in [5.41, 5.74) is 8.96. The number of likely N-dealkylation sites (tertiary alicyclic amines) is 1. The van der Waals surface area contributed by atoms with Crippen molar-refractivity contribution in [3.05, 3.63) is 65.7 Å². The van der Waals surface area contributed by atoms with Gasteiger partial charge in [-0.25, -0.2) is 0 Å². The quantitative estimate of drug-likeness (QED) is 0.922. The lowest BCUT2D eigenvalue weighted by Gasteiger charge is -2.18.